The van der Waals surface area contributed by atoms with Crippen molar-refractivity contribution in [3.05, 3.63) is 82.2 Å². The Hall–Kier alpha value is -3.45. The Bertz CT molecular complexity index is 1410. The molecule has 1 unspecified atom stereocenters. The number of benzene rings is 1. The smallest absolute Gasteiger partial charge is 0.410 e. The van der Waals surface area contributed by atoms with Gasteiger partial charge in [0, 0.05) is 49.9 Å². The Kier molecular flexibility index (Phi) is 7.63. The second kappa shape index (κ2) is 11.0. The first-order chi connectivity index (χ1) is 18.6. The molecule has 0 radical (unpaired) electrons. The van der Waals surface area contributed by atoms with E-state index in [2.05, 4.69) is 23.2 Å². The third-order valence-corrected chi connectivity index (χ3v) is 7.70. The van der Waals surface area contributed by atoms with E-state index in [4.69, 9.17) is 21.3 Å². The van der Waals surface area contributed by atoms with Gasteiger partial charge in [0.2, 0.25) is 0 Å². The van der Waals surface area contributed by atoms with E-state index in [0.717, 1.165) is 35.2 Å². The zero-order valence-electron chi connectivity index (χ0n) is 23.0. The van der Waals surface area contributed by atoms with E-state index in [1.807, 2.05) is 57.1 Å². The van der Waals surface area contributed by atoms with E-state index in [1.54, 1.807) is 17.1 Å². The number of halogens is 1. The predicted octanol–water partition coefficient (Wildman–Crippen LogP) is 6.76. The highest BCUT2D eigenvalue weighted by atomic mass is 35.5. The maximum atomic E-state index is 12.9. The minimum atomic E-state index is -0.518. The number of aromatic nitrogens is 3. The van der Waals surface area contributed by atoms with Crippen LogP contribution in [0.15, 0.2) is 49.1 Å². The van der Waals surface area contributed by atoms with Gasteiger partial charge < -0.3 is 14.2 Å². The molecule has 2 aromatic heterocycles. The summed E-state index contributed by atoms with van der Waals surface area (Å²) in [4.78, 5) is 36.6. The monoisotopic (exact) mass is 546 g/mol. The third-order valence-electron chi connectivity index (χ3n) is 7.47. The van der Waals surface area contributed by atoms with Crippen molar-refractivity contribution in [3.8, 4) is 0 Å². The molecular formula is C31H35ClN4O3. The average Bonchev–Trinajstić information content (AvgIpc) is 3.28. The van der Waals surface area contributed by atoms with Crippen LogP contribution in [0, 0.1) is 5.92 Å². The molecule has 204 valence electrons. The summed E-state index contributed by atoms with van der Waals surface area (Å²) in [5, 5.41) is 0.673. The van der Waals surface area contributed by atoms with Gasteiger partial charge in [0.25, 0.3) is 0 Å². The standard InChI is InChI=1S/C31H35ClN4O3/c1-31(2,3)39-30(38)36-14-11-20(12-15-36)28-24-9-8-23(32)17-22(24)16-21(25-6-5-13-33-29(25)28)7-10-27(37)26-18-35(4)19-34-26/h5-6,8-9,13,16-20,28H,7,10-12,14-15H2,1-4H3. The number of imidazole rings is 1. The molecule has 7 nitrogen and oxygen atoms in total. The Morgan fingerprint density at radius 2 is 1.90 bits per heavy atom. The van der Waals surface area contributed by atoms with Gasteiger partial charge in [-0.15, -0.1) is 0 Å². The van der Waals surface area contributed by atoms with Gasteiger partial charge in [-0.05, 0) is 86.4 Å². The van der Waals surface area contributed by atoms with Crippen molar-refractivity contribution in [2.45, 2.75) is 58.0 Å². The third kappa shape index (κ3) is 6.09. The molecule has 1 aliphatic heterocycles. The van der Waals surface area contributed by atoms with Crippen LogP contribution in [-0.2, 0) is 11.8 Å². The van der Waals surface area contributed by atoms with E-state index < -0.39 is 5.60 Å². The fourth-order valence-electron chi connectivity index (χ4n) is 5.66. The summed E-state index contributed by atoms with van der Waals surface area (Å²) in [6.45, 7) is 6.95. The van der Waals surface area contributed by atoms with E-state index in [-0.39, 0.29) is 17.8 Å². The van der Waals surface area contributed by atoms with Crippen LogP contribution in [0.4, 0.5) is 4.79 Å². The highest BCUT2D eigenvalue weighted by Crippen LogP contribution is 2.45. The highest BCUT2D eigenvalue weighted by Gasteiger charge is 2.36. The number of carbonyl (C=O) groups is 2. The summed E-state index contributed by atoms with van der Waals surface area (Å²) in [5.41, 5.74) is 5.36. The van der Waals surface area contributed by atoms with Crippen LogP contribution in [-0.4, -0.2) is 50.0 Å². The summed E-state index contributed by atoms with van der Waals surface area (Å²) in [7, 11) is 1.86. The van der Waals surface area contributed by atoms with Gasteiger partial charge in [-0.3, -0.25) is 9.78 Å². The molecule has 0 saturated carbocycles. The summed E-state index contributed by atoms with van der Waals surface area (Å²) in [6.07, 6.45) is 9.78. The number of ketones is 1. The molecule has 1 saturated heterocycles. The maximum Gasteiger partial charge on any atom is 0.410 e. The number of rotatable bonds is 5. The molecule has 0 spiro atoms. The Morgan fingerprint density at radius 3 is 2.59 bits per heavy atom. The molecular weight excluding hydrogens is 512 g/mol. The van der Waals surface area contributed by atoms with Gasteiger partial charge in [-0.2, -0.15) is 0 Å². The van der Waals surface area contributed by atoms with Crippen molar-refractivity contribution in [2.75, 3.05) is 13.1 Å². The predicted molar refractivity (Wildman–Crippen MR) is 153 cm³/mol. The molecule has 2 aliphatic rings. The van der Waals surface area contributed by atoms with Crippen molar-refractivity contribution < 1.29 is 14.3 Å². The van der Waals surface area contributed by atoms with Gasteiger partial charge >= 0.3 is 6.09 Å². The molecule has 5 rings (SSSR count). The van der Waals surface area contributed by atoms with E-state index in [9.17, 15) is 9.59 Å². The molecule has 3 aromatic rings. The Morgan fingerprint density at radius 1 is 1.13 bits per heavy atom. The zero-order chi connectivity index (χ0) is 27.7. The molecule has 39 heavy (non-hydrogen) atoms. The Labute approximate surface area is 234 Å². The SMILES string of the molecule is Cn1cnc(C(=O)CCC2=Cc3cc(Cl)ccc3C(C3CCN(C(=O)OC(C)(C)C)CC3)c3ncccc32)c1. The second-order valence-electron chi connectivity index (χ2n) is 11.5. The molecule has 1 fully saturated rings. The number of nitrogens with zero attached hydrogens (tertiary/aromatic N) is 4. The lowest BCUT2D eigenvalue weighted by atomic mass is 9.76. The minimum Gasteiger partial charge on any atom is -0.444 e. The number of hydrogen-bond donors (Lipinski definition) is 0. The number of pyridine rings is 1. The van der Waals surface area contributed by atoms with E-state index in [0.29, 0.717) is 42.6 Å². The van der Waals surface area contributed by atoms with Crippen LogP contribution < -0.4 is 0 Å². The largest absolute Gasteiger partial charge is 0.444 e. The van der Waals surface area contributed by atoms with Crippen LogP contribution in [0.1, 0.15) is 85.2 Å². The molecule has 0 bridgehead atoms. The lowest BCUT2D eigenvalue weighted by molar-refractivity contribution is 0.0178. The fourth-order valence-corrected chi connectivity index (χ4v) is 5.84. The topological polar surface area (TPSA) is 77.3 Å². The normalized spacial score (nSPS) is 17.6. The first-order valence-corrected chi connectivity index (χ1v) is 13.9. The van der Waals surface area contributed by atoms with Crippen molar-refractivity contribution >= 4 is 35.1 Å². The van der Waals surface area contributed by atoms with Gasteiger partial charge in [-0.1, -0.05) is 29.8 Å². The number of hydrogen-bond acceptors (Lipinski definition) is 5. The summed E-state index contributed by atoms with van der Waals surface area (Å²) < 4.78 is 7.40. The quantitative estimate of drug-likeness (QED) is 0.330. The number of Topliss-reactive ketones (excluding diaryl/α,β-unsaturated/α-hetero) is 1. The number of carbonyl (C=O) groups excluding carboxylic acids is 2. The van der Waals surface area contributed by atoms with E-state index >= 15 is 0 Å². The molecule has 1 aromatic carbocycles. The number of fused-ring (bicyclic) bond motifs is 2. The number of ether oxygens (including phenoxy) is 1. The fraction of sp³-hybridized carbons (Fsp3) is 0.419. The maximum absolute atomic E-state index is 12.9. The van der Waals surface area contributed by atoms with Crippen molar-refractivity contribution in [2.24, 2.45) is 13.0 Å². The summed E-state index contributed by atoms with van der Waals surface area (Å²) in [5.74, 6) is 0.359. The van der Waals surface area contributed by atoms with Crippen LogP contribution in [0.2, 0.25) is 5.02 Å². The summed E-state index contributed by atoms with van der Waals surface area (Å²) in [6, 6.07) is 10.1. The molecule has 1 atom stereocenters. The second-order valence-corrected chi connectivity index (χ2v) is 11.9. The van der Waals surface area contributed by atoms with Gasteiger partial charge in [0.15, 0.2) is 5.78 Å². The lowest BCUT2D eigenvalue weighted by Crippen LogP contribution is -2.42. The highest BCUT2D eigenvalue weighted by molar-refractivity contribution is 6.30. The average molecular weight is 547 g/mol. The van der Waals surface area contributed by atoms with Gasteiger partial charge in [-0.25, -0.2) is 9.78 Å². The molecule has 1 aliphatic carbocycles. The Balaban J connectivity index is 1.44. The summed E-state index contributed by atoms with van der Waals surface area (Å²) >= 11 is 6.47. The number of amides is 1. The molecule has 1 amide bonds. The number of likely N-dealkylation sites (tertiary alicyclic amines) is 1. The van der Waals surface area contributed by atoms with E-state index in [1.165, 1.54) is 5.56 Å². The number of aryl methyl sites for hydroxylation is 1. The van der Waals surface area contributed by atoms with Crippen molar-refractivity contribution in [1.82, 2.24) is 19.4 Å². The number of allylic oxidation sites excluding steroid dienone is 1. The molecule has 8 heteroatoms. The van der Waals surface area contributed by atoms with Crippen LogP contribution >= 0.6 is 11.6 Å². The lowest BCUT2D eigenvalue weighted by Gasteiger charge is -2.37. The molecule has 0 N–H and O–H groups in total. The van der Waals surface area contributed by atoms with Crippen molar-refractivity contribution in [3.63, 3.8) is 0 Å². The van der Waals surface area contributed by atoms with Gasteiger partial charge in [0.1, 0.15) is 11.3 Å². The van der Waals surface area contributed by atoms with Crippen molar-refractivity contribution in [1.29, 1.82) is 0 Å². The van der Waals surface area contributed by atoms with Gasteiger partial charge in [0.05, 0.1) is 12.0 Å². The molecule has 3 heterocycles. The zero-order valence-corrected chi connectivity index (χ0v) is 23.7. The first-order valence-electron chi connectivity index (χ1n) is 13.5. The first kappa shape index (κ1) is 27.1. The van der Waals surface area contributed by atoms with Crippen LogP contribution in [0.5, 0.6) is 0 Å². The van der Waals surface area contributed by atoms with Crippen LogP contribution in [0.25, 0.3) is 11.6 Å². The van der Waals surface area contributed by atoms with Crippen LogP contribution in [0.3, 0.4) is 0 Å². The number of piperidine rings is 1. The minimum absolute atomic E-state index is 0.0172.